The Morgan fingerprint density at radius 2 is 1.97 bits per heavy atom. The van der Waals surface area contributed by atoms with Gasteiger partial charge in [-0.05, 0) is 46.1 Å². The zero-order chi connectivity index (χ0) is 21.9. The number of piperidine rings is 1. The van der Waals surface area contributed by atoms with Crippen LogP contribution in [0.25, 0.3) is 0 Å². The molecule has 0 radical (unpaired) electrons. The van der Waals surface area contributed by atoms with E-state index < -0.39 is 5.60 Å². The zero-order valence-electron chi connectivity index (χ0n) is 18.9. The summed E-state index contributed by atoms with van der Waals surface area (Å²) in [6.07, 6.45) is 3.34. The van der Waals surface area contributed by atoms with E-state index in [0.717, 1.165) is 30.7 Å². The van der Waals surface area contributed by atoms with Gasteiger partial charge in [0.1, 0.15) is 11.4 Å². The van der Waals surface area contributed by atoms with Crippen molar-refractivity contribution >= 4 is 17.8 Å². The van der Waals surface area contributed by atoms with Crippen LogP contribution < -0.4 is 0 Å². The number of carbonyl (C=O) groups excluding carboxylic acids is 2. The van der Waals surface area contributed by atoms with Crippen LogP contribution in [0.4, 0.5) is 4.79 Å². The maximum Gasteiger partial charge on any atom is 0.410 e. The molecule has 0 saturated carbocycles. The van der Waals surface area contributed by atoms with Crippen LogP contribution in [0.2, 0.25) is 0 Å². The van der Waals surface area contributed by atoms with Gasteiger partial charge in [0.05, 0.1) is 18.0 Å². The summed E-state index contributed by atoms with van der Waals surface area (Å²) in [5.41, 5.74) is 0.618. The molecule has 1 aromatic rings. The van der Waals surface area contributed by atoms with E-state index in [-0.39, 0.29) is 30.0 Å². The fourth-order valence-electron chi connectivity index (χ4n) is 4.38. The number of fused-ring (bicyclic) bond motifs is 1. The van der Waals surface area contributed by atoms with Gasteiger partial charge in [0.15, 0.2) is 0 Å². The van der Waals surface area contributed by atoms with Crippen LogP contribution in [-0.4, -0.2) is 52.4 Å². The van der Waals surface area contributed by atoms with Crippen LogP contribution in [-0.2, 0) is 9.53 Å². The first-order chi connectivity index (χ1) is 14.2. The van der Waals surface area contributed by atoms with Crippen molar-refractivity contribution in [3.8, 4) is 0 Å². The van der Waals surface area contributed by atoms with E-state index in [4.69, 9.17) is 9.73 Å². The largest absolute Gasteiger partial charge is 0.444 e. The molecule has 0 spiro atoms. The minimum Gasteiger partial charge on any atom is -0.444 e. The van der Waals surface area contributed by atoms with Gasteiger partial charge >= 0.3 is 6.09 Å². The summed E-state index contributed by atoms with van der Waals surface area (Å²) in [6.45, 7) is 10.6. The number of likely N-dealkylation sites (tertiary alicyclic amines) is 1. The number of amidine groups is 1. The van der Waals surface area contributed by atoms with Crippen LogP contribution in [0.5, 0.6) is 0 Å². The molecule has 0 aromatic heterocycles. The maximum atomic E-state index is 13.6. The molecule has 1 aromatic carbocycles. The summed E-state index contributed by atoms with van der Waals surface area (Å²) in [5, 5.41) is 0. The number of ether oxygens (including phenoxy) is 1. The molecule has 3 atom stereocenters. The standard InChI is InChI=1S/C24H35N3O3/c1-6-7-13-21(18-11-9-8-10-12-18)27-17(2)25-20-16-26(15-14-19(20)22(27)28)23(29)30-24(3,4)5/h8-12,19-21H,6-7,13-16H2,1-5H3. The highest BCUT2D eigenvalue weighted by Gasteiger charge is 2.44. The van der Waals surface area contributed by atoms with Crippen LogP contribution in [0, 0.1) is 5.92 Å². The minimum absolute atomic E-state index is 0.00670. The van der Waals surface area contributed by atoms with Gasteiger partial charge < -0.3 is 9.64 Å². The average molecular weight is 414 g/mol. The van der Waals surface area contributed by atoms with Crippen LogP contribution in [0.3, 0.4) is 0 Å². The quantitative estimate of drug-likeness (QED) is 0.696. The number of unbranched alkanes of at least 4 members (excludes halogenated alkanes) is 1. The third kappa shape index (κ3) is 5.02. The Morgan fingerprint density at radius 1 is 1.27 bits per heavy atom. The second-order valence-electron chi connectivity index (χ2n) is 9.34. The SMILES string of the molecule is CCCCC(c1ccccc1)N1C(=O)C2CCN(C(=O)OC(C)(C)C)CC2N=C1C. The summed E-state index contributed by atoms with van der Waals surface area (Å²) in [7, 11) is 0. The fourth-order valence-corrected chi connectivity index (χ4v) is 4.38. The Morgan fingerprint density at radius 3 is 2.60 bits per heavy atom. The Balaban J connectivity index is 1.81. The van der Waals surface area contributed by atoms with E-state index in [9.17, 15) is 9.59 Å². The van der Waals surface area contributed by atoms with Crippen LogP contribution in [0.15, 0.2) is 35.3 Å². The average Bonchev–Trinajstić information content (AvgIpc) is 2.69. The van der Waals surface area contributed by atoms with E-state index in [1.807, 2.05) is 50.8 Å². The number of hydrogen-bond acceptors (Lipinski definition) is 4. The van der Waals surface area contributed by atoms with Gasteiger partial charge in [-0.2, -0.15) is 0 Å². The van der Waals surface area contributed by atoms with Crippen molar-refractivity contribution in [3.05, 3.63) is 35.9 Å². The third-order valence-electron chi connectivity index (χ3n) is 5.82. The number of nitrogens with zero attached hydrogens (tertiary/aromatic N) is 3. The number of carbonyl (C=O) groups is 2. The predicted octanol–water partition coefficient (Wildman–Crippen LogP) is 4.80. The molecule has 164 valence electrons. The van der Waals surface area contributed by atoms with Gasteiger partial charge in [-0.1, -0.05) is 50.1 Å². The molecule has 2 amide bonds. The lowest BCUT2D eigenvalue weighted by molar-refractivity contribution is -0.137. The first-order valence-corrected chi connectivity index (χ1v) is 11.1. The molecular weight excluding hydrogens is 378 g/mol. The molecule has 3 unspecified atom stereocenters. The Labute approximate surface area is 180 Å². The van der Waals surface area contributed by atoms with Crippen LogP contribution >= 0.6 is 0 Å². The summed E-state index contributed by atoms with van der Waals surface area (Å²) in [5.74, 6) is 0.707. The Kier molecular flexibility index (Phi) is 6.84. The number of hydrogen-bond donors (Lipinski definition) is 0. The molecular formula is C24H35N3O3. The van der Waals surface area contributed by atoms with Gasteiger partial charge in [0, 0.05) is 13.1 Å². The number of amides is 2. The molecule has 3 rings (SSSR count). The molecule has 6 heteroatoms. The normalized spacial score (nSPS) is 23.0. The summed E-state index contributed by atoms with van der Waals surface area (Å²) in [6, 6.07) is 10.1. The number of benzene rings is 1. The van der Waals surface area contributed by atoms with Crippen molar-refractivity contribution < 1.29 is 14.3 Å². The predicted molar refractivity (Wildman–Crippen MR) is 118 cm³/mol. The maximum absolute atomic E-state index is 13.6. The van der Waals surface area contributed by atoms with Gasteiger partial charge in [-0.3, -0.25) is 14.7 Å². The monoisotopic (exact) mass is 413 g/mol. The first-order valence-electron chi connectivity index (χ1n) is 11.1. The van der Waals surface area contributed by atoms with E-state index in [1.165, 1.54) is 0 Å². The summed E-state index contributed by atoms with van der Waals surface area (Å²) in [4.78, 5) is 34.5. The molecule has 30 heavy (non-hydrogen) atoms. The molecule has 0 bridgehead atoms. The Bertz CT molecular complexity index is 785. The summed E-state index contributed by atoms with van der Waals surface area (Å²) >= 11 is 0. The summed E-state index contributed by atoms with van der Waals surface area (Å²) < 4.78 is 5.52. The lowest BCUT2D eigenvalue weighted by Crippen LogP contribution is -2.56. The van der Waals surface area contributed by atoms with Crippen molar-refractivity contribution in [2.45, 2.75) is 78.0 Å². The highest BCUT2D eigenvalue weighted by molar-refractivity contribution is 6.01. The molecule has 2 heterocycles. The van der Waals surface area contributed by atoms with Gasteiger partial charge in [-0.15, -0.1) is 0 Å². The highest BCUT2D eigenvalue weighted by atomic mass is 16.6. The lowest BCUT2D eigenvalue weighted by Gasteiger charge is -2.44. The van der Waals surface area contributed by atoms with Gasteiger partial charge in [0.2, 0.25) is 5.91 Å². The second-order valence-corrected chi connectivity index (χ2v) is 9.34. The van der Waals surface area contributed by atoms with Crippen LogP contribution in [0.1, 0.15) is 71.9 Å². The third-order valence-corrected chi connectivity index (χ3v) is 5.82. The zero-order valence-corrected chi connectivity index (χ0v) is 18.9. The first kappa shape index (κ1) is 22.3. The number of rotatable bonds is 5. The number of aliphatic imine (C=N–C) groups is 1. The molecule has 6 nitrogen and oxygen atoms in total. The smallest absolute Gasteiger partial charge is 0.410 e. The Hall–Kier alpha value is -2.37. The molecule has 2 aliphatic rings. The molecule has 1 fully saturated rings. The van der Waals surface area contributed by atoms with E-state index in [2.05, 4.69) is 19.1 Å². The highest BCUT2D eigenvalue weighted by Crippen LogP contribution is 2.35. The molecule has 1 saturated heterocycles. The lowest BCUT2D eigenvalue weighted by atomic mass is 9.87. The van der Waals surface area contributed by atoms with Gasteiger partial charge in [0.25, 0.3) is 0 Å². The van der Waals surface area contributed by atoms with Crippen molar-refractivity contribution in [3.63, 3.8) is 0 Å². The fraction of sp³-hybridized carbons (Fsp3) is 0.625. The second kappa shape index (κ2) is 9.19. The van der Waals surface area contributed by atoms with E-state index in [1.54, 1.807) is 4.90 Å². The van der Waals surface area contributed by atoms with Crippen molar-refractivity contribution in [1.29, 1.82) is 0 Å². The van der Waals surface area contributed by atoms with E-state index >= 15 is 0 Å². The van der Waals surface area contributed by atoms with Gasteiger partial charge in [-0.25, -0.2) is 4.79 Å². The minimum atomic E-state index is -0.533. The van der Waals surface area contributed by atoms with Crippen molar-refractivity contribution in [2.24, 2.45) is 10.9 Å². The molecule has 2 aliphatic heterocycles. The molecule has 0 N–H and O–H groups in total. The van der Waals surface area contributed by atoms with Crippen molar-refractivity contribution in [2.75, 3.05) is 13.1 Å². The molecule has 0 aliphatic carbocycles. The van der Waals surface area contributed by atoms with Crippen molar-refractivity contribution in [1.82, 2.24) is 9.80 Å². The van der Waals surface area contributed by atoms with E-state index in [0.29, 0.717) is 19.5 Å². The topological polar surface area (TPSA) is 62.2 Å².